The number of ether oxygens (including phenoxy) is 1. The molecule has 0 aliphatic carbocycles. The molecule has 1 aliphatic rings. The lowest BCUT2D eigenvalue weighted by Crippen LogP contribution is -2.19. The molecule has 1 aliphatic heterocycles. The first-order chi connectivity index (χ1) is 13.1. The summed E-state index contributed by atoms with van der Waals surface area (Å²) >= 11 is 6.11. The van der Waals surface area contributed by atoms with E-state index in [0.717, 1.165) is 31.6 Å². The van der Waals surface area contributed by atoms with Crippen molar-refractivity contribution < 1.29 is 4.74 Å². The van der Waals surface area contributed by atoms with Crippen LogP contribution in [0, 0.1) is 5.92 Å². The Bertz CT molecular complexity index is 1010. The number of rotatable bonds is 6. The van der Waals surface area contributed by atoms with Gasteiger partial charge in [-0.3, -0.25) is 4.57 Å². The van der Waals surface area contributed by atoms with Crippen LogP contribution in [0.15, 0.2) is 29.2 Å². The van der Waals surface area contributed by atoms with Gasteiger partial charge in [0.1, 0.15) is 11.3 Å². The van der Waals surface area contributed by atoms with Crippen LogP contribution >= 0.6 is 11.6 Å². The maximum absolute atomic E-state index is 12.4. The first-order valence-electron chi connectivity index (χ1n) is 8.86. The standard InChI is InChI=1S/C18H21ClN6O2/c1-27-15-3-2-13(19)6-12(15)10-25-16-14(23-18(25)26)9-22-17(24-16)21-8-11-4-5-20-7-11/h2-3,6,9,11,20H,4-5,7-8,10H2,1H3,(H,23,26)(H,21,22,24)/t11-/m1/s1. The molecule has 0 saturated carbocycles. The molecule has 0 bridgehead atoms. The van der Waals surface area contributed by atoms with E-state index in [0.29, 0.717) is 40.3 Å². The molecule has 2 aromatic heterocycles. The second kappa shape index (κ2) is 7.58. The van der Waals surface area contributed by atoms with Crippen molar-refractivity contribution >= 4 is 28.7 Å². The molecule has 142 valence electrons. The number of benzene rings is 1. The number of hydrogen-bond donors (Lipinski definition) is 3. The van der Waals surface area contributed by atoms with E-state index in [1.165, 1.54) is 0 Å². The molecule has 9 heteroatoms. The van der Waals surface area contributed by atoms with Crippen molar-refractivity contribution in [1.82, 2.24) is 24.8 Å². The zero-order valence-electron chi connectivity index (χ0n) is 15.0. The zero-order chi connectivity index (χ0) is 18.8. The van der Waals surface area contributed by atoms with Crippen molar-refractivity contribution in [2.45, 2.75) is 13.0 Å². The van der Waals surface area contributed by atoms with Gasteiger partial charge in [-0.15, -0.1) is 0 Å². The number of imidazole rings is 1. The monoisotopic (exact) mass is 388 g/mol. The summed E-state index contributed by atoms with van der Waals surface area (Å²) in [5.74, 6) is 1.75. The average molecular weight is 389 g/mol. The molecule has 27 heavy (non-hydrogen) atoms. The van der Waals surface area contributed by atoms with Crippen molar-refractivity contribution in [3.8, 4) is 5.75 Å². The Balaban J connectivity index is 1.63. The molecule has 0 radical (unpaired) electrons. The second-order valence-electron chi connectivity index (χ2n) is 6.64. The fraction of sp³-hybridized carbons (Fsp3) is 0.389. The highest BCUT2D eigenvalue weighted by atomic mass is 35.5. The lowest BCUT2D eigenvalue weighted by atomic mass is 10.1. The van der Waals surface area contributed by atoms with Crippen molar-refractivity contribution in [3.63, 3.8) is 0 Å². The van der Waals surface area contributed by atoms with Crippen LogP contribution in [-0.4, -0.2) is 46.3 Å². The Labute approximate surface area is 160 Å². The van der Waals surface area contributed by atoms with Gasteiger partial charge in [0, 0.05) is 17.1 Å². The smallest absolute Gasteiger partial charge is 0.328 e. The molecular weight excluding hydrogens is 368 g/mol. The molecule has 4 rings (SSSR count). The number of H-pyrrole nitrogens is 1. The highest BCUT2D eigenvalue weighted by molar-refractivity contribution is 6.30. The Hall–Kier alpha value is -2.58. The van der Waals surface area contributed by atoms with Gasteiger partial charge in [-0.25, -0.2) is 9.78 Å². The third-order valence-electron chi connectivity index (χ3n) is 4.79. The Kier molecular flexibility index (Phi) is 5.00. The van der Waals surface area contributed by atoms with E-state index in [4.69, 9.17) is 16.3 Å². The fourth-order valence-electron chi connectivity index (χ4n) is 3.34. The minimum Gasteiger partial charge on any atom is -0.496 e. The predicted octanol–water partition coefficient (Wildman–Crippen LogP) is 1.85. The minimum atomic E-state index is -0.251. The SMILES string of the molecule is COc1ccc(Cl)cc1Cn1c(=O)[nH]c2cnc(NC[C@@H]3CCNC3)nc21. The van der Waals surface area contributed by atoms with Gasteiger partial charge in [0.05, 0.1) is 19.9 Å². The molecule has 1 aromatic carbocycles. The lowest BCUT2D eigenvalue weighted by Gasteiger charge is -2.11. The minimum absolute atomic E-state index is 0.251. The number of aromatic amines is 1. The molecule has 1 saturated heterocycles. The van der Waals surface area contributed by atoms with Crippen LogP contribution in [-0.2, 0) is 6.54 Å². The molecule has 3 N–H and O–H groups in total. The number of hydrogen-bond acceptors (Lipinski definition) is 6. The topological polar surface area (TPSA) is 96.9 Å². The summed E-state index contributed by atoms with van der Waals surface area (Å²) in [4.78, 5) is 24.1. The van der Waals surface area contributed by atoms with E-state index in [9.17, 15) is 4.79 Å². The van der Waals surface area contributed by atoms with Gasteiger partial charge in [-0.2, -0.15) is 4.98 Å². The third kappa shape index (κ3) is 3.77. The second-order valence-corrected chi connectivity index (χ2v) is 7.08. The third-order valence-corrected chi connectivity index (χ3v) is 5.03. The summed E-state index contributed by atoms with van der Waals surface area (Å²) in [5.41, 5.74) is 1.69. The van der Waals surface area contributed by atoms with E-state index < -0.39 is 0 Å². The molecule has 8 nitrogen and oxygen atoms in total. The number of halogens is 1. The normalized spacial score (nSPS) is 16.7. The Morgan fingerprint density at radius 1 is 1.44 bits per heavy atom. The van der Waals surface area contributed by atoms with Crippen LogP contribution in [0.2, 0.25) is 5.02 Å². The predicted molar refractivity (Wildman–Crippen MR) is 105 cm³/mol. The van der Waals surface area contributed by atoms with Crippen LogP contribution in [0.25, 0.3) is 11.2 Å². The van der Waals surface area contributed by atoms with Gasteiger partial charge >= 0.3 is 5.69 Å². The molecule has 1 fully saturated rings. The van der Waals surface area contributed by atoms with Crippen molar-refractivity contribution in [1.29, 1.82) is 0 Å². The largest absolute Gasteiger partial charge is 0.496 e. The average Bonchev–Trinajstić information content (AvgIpc) is 3.28. The van der Waals surface area contributed by atoms with Gasteiger partial charge in [0.2, 0.25) is 5.95 Å². The molecule has 3 heterocycles. The Morgan fingerprint density at radius 3 is 3.11 bits per heavy atom. The van der Waals surface area contributed by atoms with Crippen LogP contribution in [0.3, 0.4) is 0 Å². The quantitative estimate of drug-likeness (QED) is 0.596. The highest BCUT2D eigenvalue weighted by Gasteiger charge is 2.16. The van der Waals surface area contributed by atoms with Crippen molar-refractivity contribution in [2.75, 3.05) is 32.1 Å². The summed E-state index contributed by atoms with van der Waals surface area (Å²) in [7, 11) is 1.59. The number of nitrogens with one attached hydrogen (secondary N) is 3. The van der Waals surface area contributed by atoms with E-state index in [2.05, 4.69) is 25.6 Å². The summed E-state index contributed by atoms with van der Waals surface area (Å²) in [6.45, 7) is 3.14. The first kappa shape index (κ1) is 17.8. The summed E-state index contributed by atoms with van der Waals surface area (Å²) in [5, 5.41) is 7.20. The van der Waals surface area contributed by atoms with Crippen LogP contribution < -0.4 is 21.1 Å². The summed E-state index contributed by atoms with van der Waals surface area (Å²) in [6.07, 6.45) is 2.77. The number of nitrogens with zero attached hydrogens (tertiary/aromatic N) is 3. The van der Waals surface area contributed by atoms with Crippen molar-refractivity contribution in [2.24, 2.45) is 5.92 Å². The molecule has 1 atom stereocenters. The molecule has 0 unspecified atom stereocenters. The van der Waals surface area contributed by atoms with Crippen LogP contribution in [0.5, 0.6) is 5.75 Å². The fourth-order valence-corrected chi connectivity index (χ4v) is 3.54. The van der Waals surface area contributed by atoms with E-state index in [-0.39, 0.29) is 5.69 Å². The first-order valence-corrected chi connectivity index (χ1v) is 9.24. The molecular formula is C18H21ClN6O2. The van der Waals surface area contributed by atoms with Gasteiger partial charge in [-0.1, -0.05) is 11.6 Å². The van der Waals surface area contributed by atoms with Gasteiger partial charge in [0.15, 0.2) is 5.65 Å². The van der Waals surface area contributed by atoms with Crippen LogP contribution in [0.4, 0.5) is 5.95 Å². The summed E-state index contributed by atoms with van der Waals surface area (Å²) < 4.78 is 6.95. The summed E-state index contributed by atoms with van der Waals surface area (Å²) in [6, 6.07) is 5.33. The van der Waals surface area contributed by atoms with E-state index >= 15 is 0 Å². The number of fused-ring (bicyclic) bond motifs is 1. The molecule has 3 aromatic rings. The number of methoxy groups -OCH3 is 1. The van der Waals surface area contributed by atoms with Gasteiger partial charge < -0.3 is 20.4 Å². The van der Waals surface area contributed by atoms with Crippen LogP contribution in [0.1, 0.15) is 12.0 Å². The lowest BCUT2D eigenvalue weighted by molar-refractivity contribution is 0.408. The maximum Gasteiger partial charge on any atom is 0.328 e. The highest BCUT2D eigenvalue weighted by Crippen LogP contribution is 2.24. The van der Waals surface area contributed by atoms with E-state index in [1.54, 1.807) is 36.1 Å². The van der Waals surface area contributed by atoms with Gasteiger partial charge in [0.25, 0.3) is 0 Å². The zero-order valence-corrected chi connectivity index (χ0v) is 15.7. The maximum atomic E-state index is 12.4. The Morgan fingerprint density at radius 2 is 2.33 bits per heavy atom. The van der Waals surface area contributed by atoms with Crippen molar-refractivity contribution in [3.05, 3.63) is 45.5 Å². The van der Waals surface area contributed by atoms with E-state index in [1.807, 2.05) is 0 Å². The molecule has 0 amide bonds. The number of anilines is 1. The number of aromatic nitrogens is 4. The molecule has 0 spiro atoms. The van der Waals surface area contributed by atoms with Gasteiger partial charge in [-0.05, 0) is 43.6 Å².